The predicted molar refractivity (Wildman–Crippen MR) is 71.0 cm³/mol. The Labute approximate surface area is 106 Å². The molecule has 2 rings (SSSR count). The maximum Gasteiger partial charge on any atom is 0.0624 e. The van der Waals surface area contributed by atoms with Crippen LogP contribution in [-0.2, 0) is 4.74 Å². The second kappa shape index (κ2) is 5.68. The van der Waals surface area contributed by atoms with Gasteiger partial charge in [-0.15, -0.1) is 0 Å². The van der Waals surface area contributed by atoms with Crippen LogP contribution in [-0.4, -0.2) is 43.8 Å². The normalized spacial score (nSPS) is 36.5. The molecule has 2 heterocycles. The van der Waals surface area contributed by atoms with Gasteiger partial charge in [0.2, 0.25) is 0 Å². The first-order valence-corrected chi connectivity index (χ1v) is 7.20. The molecule has 2 atom stereocenters. The molecule has 2 aliphatic rings. The molecule has 2 saturated heterocycles. The Morgan fingerprint density at radius 3 is 2.59 bits per heavy atom. The van der Waals surface area contributed by atoms with Crippen LogP contribution in [0.5, 0.6) is 0 Å². The van der Waals surface area contributed by atoms with E-state index < -0.39 is 0 Å². The maximum atomic E-state index is 6.15. The Balaban J connectivity index is 1.78. The molecule has 2 unspecified atom stereocenters. The summed E-state index contributed by atoms with van der Waals surface area (Å²) in [7, 11) is 0. The van der Waals surface area contributed by atoms with Crippen LogP contribution in [0.25, 0.3) is 0 Å². The molecule has 17 heavy (non-hydrogen) atoms. The number of rotatable bonds is 4. The van der Waals surface area contributed by atoms with E-state index in [1.165, 1.54) is 38.8 Å². The van der Waals surface area contributed by atoms with Crippen LogP contribution >= 0.6 is 0 Å². The second-order valence-corrected chi connectivity index (χ2v) is 6.28. The van der Waals surface area contributed by atoms with Crippen LogP contribution in [0, 0.1) is 11.3 Å². The van der Waals surface area contributed by atoms with Crippen molar-refractivity contribution in [1.82, 2.24) is 4.90 Å². The summed E-state index contributed by atoms with van der Waals surface area (Å²) < 4.78 is 5.52. The fourth-order valence-corrected chi connectivity index (χ4v) is 3.24. The number of hydrogen-bond donors (Lipinski definition) is 1. The fraction of sp³-hybridized carbons (Fsp3) is 1.00. The van der Waals surface area contributed by atoms with E-state index in [1.54, 1.807) is 0 Å². The SMILES string of the molecule is CCCC1CCN(CC2(C)COCC2N)CC1. The minimum atomic E-state index is 0.178. The highest BCUT2D eigenvalue weighted by molar-refractivity contribution is 4.93. The molecule has 0 aromatic rings. The summed E-state index contributed by atoms with van der Waals surface area (Å²) in [4.78, 5) is 2.60. The van der Waals surface area contributed by atoms with E-state index in [-0.39, 0.29) is 11.5 Å². The largest absolute Gasteiger partial charge is 0.379 e. The first-order chi connectivity index (χ1) is 8.14. The second-order valence-electron chi connectivity index (χ2n) is 6.28. The number of hydrogen-bond acceptors (Lipinski definition) is 3. The summed E-state index contributed by atoms with van der Waals surface area (Å²) >= 11 is 0. The first-order valence-electron chi connectivity index (χ1n) is 7.20. The molecule has 0 bridgehead atoms. The molecule has 0 radical (unpaired) electrons. The zero-order valence-corrected chi connectivity index (χ0v) is 11.5. The highest BCUT2D eigenvalue weighted by atomic mass is 16.5. The van der Waals surface area contributed by atoms with Gasteiger partial charge in [-0.25, -0.2) is 0 Å². The maximum absolute atomic E-state index is 6.15. The molecule has 0 aromatic heterocycles. The summed E-state index contributed by atoms with van der Waals surface area (Å²) in [5, 5.41) is 0. The lowest BCUT2D eigenvalue weighted by Crippen LogP contribution is -2.48. The van der Waals surface area contributed by atoms with Crippen LogP contribution in [0.1, 0.15) is 39.5 Å². The Kier molecular flexibility index (Phi) is 4.45. The van der Waals surface area contributed by atoms with Gasteiger partial charge < -0.3 is 15.4 Å². The summed E-state index contributed by atoms with van der Waals surface area (Å²) in [6, 6.07) is 0.218. The Morgan fingerprint density at radius 1 is 1.35 bits per heavy atom. The number of nitrogens with two attached hydrogens (primary N) is 1. The molecule has 2 aliphatic heterocycles. The van der Waals surface area contributed by atoms with E-state index >= 15 is 0 Å². The smallest absolute Gasteiger partial charge is 0.0624 e. The average Bonchev–Trinajstić information content (AvgIpc) is 2.62. The van der Waals surface area contributed by atoms with Gasteiger partial charge in [0, 0.05) is 18.0 Å². The van der Waals surface area contributed by atoms with Crippen molar-refractivity contribution in [3.63, 3.8) is 0 Å². The quantitative estimate of drug-likeness (QED) is 0.815. The van der Waals surface area contributed by atoms with Gasteiger partial charge in [0.1, 0.15) is 0 Å². The van der Waals surface area contributed by atoms with E-state index in [2.05, 4.69) is 18.7 Å². The van der Waals surface area contributed by atoms with Gasteiger partial charge in [-0.2, -0.15) is 0 Å². The molecule has 0 aromatic carbocycles. The van der Waals surface area contributed by atoms with Crippen molar-refractivity contribution in [3.05, 3.63) is 0 Å². The molecule has 100 valence electrons. The molecule has 0 amide bonds. The molecule has 3 nitrogen and oxygen atoms in total. The van der Waals surface area contributed by atoms with Crippen molar-refractivity contribution < 1.29 is 4.74 Å². The van der Waals surface area contributed by atoms with Crippen LogP contribution < -0.4 is 5.73 Å². The fourth-order valence-electron chi connectivity index (χ4n) is 3.24. The van der Waals surface area contributed by atoms with E-state index in [0.29, 0.717) is 0 Å². The molecular formula is C14H28N2O. The summed E-state index contributed by atoms with van der Waals surface area (Å²) in [5.74, 6) is 0.970. The third-order valence-corrected chi connectivity index (χ3v) is 4.61. The molecule has 2 N–H and O–H groups in total. The van der Waals surface area contributed by atoms with Gasteiger partial charge in [0.25, 0.3) is 0 Å². The standard InChI is InChI=1S/C14H28N2O/c1-3-4-12-5-7-16(8-6-12)10-14(2)11-17-9-13(14)15/h12-13H,3-11,15H2,1-2H3. The zero-order chi connectivity index (χ0) is 12.3. The van der Waals surface area contributed by atoms with Crippen molar-refractivity contribution in [2.75, 3.05) is 32.8 Å². The minimum Gasteiger partial charge on any atom is -0.379 e. The van der Waals surface area contributed by atoms with E-state index in [4.69, 9.17) is 10.5 Å². The Bertz CT molecular complexity index is 238. The third-order valence-electron chi connectivity index (χ3n) is 4.61. The lowest BCUT2D eigenvalue weighted by atomic mass is 9.84. The summed E-state index contributed by atoms with van der Waals surface area (Å²) in [5.41, 5.74) is 6.33. The van der Waals surface area contributed by atoms with Crippen molar-refractivity contribution in [3.8, 4) is 0 Å². The summed E-state index contributed by atoms with van der Waals surface area (Å²) in [6.45, 7) is 9.78. The third kappa shape index (κ3) is 3.21. The van der Waals surface area contributed by atoms with Gasteiger partial charge in [0.15, 0.2) is 0 Å². The predicted octanol–water partition coefficient (Wildman–Crippen LogP) is 1.86. The van der Waals surface area contributed by atoms with Gasteiger partial charge >= 0.3 is 0 Å². The lowest BCUT2D eigenvalue weighted by molar-refractivity contribution is 0.0936. The summed E-state index contributed by atoms with van der Waals surface area (Å²) in [6.07, 6.45) is 5.49. The molecular weight excluding hydrogens is 212 g/mol. The number of likely N-dealkylation sites (tertiary alicyclic amines) is 1. The molecule has 0 saturated carbocycles. The number of ether oxygens (including phenoxy) is 1. The van der Waals surface area contributed by atoms with E-state index in [0.717, 1.165) is 25.7 Å². The Morgan fingerprint density at radius 2 is 2.06 bits per heavy atom. The van der Waals surface area contributed by atoms with Crippen molar-refractivity contribution >= 4 is 0 Å². The molecule has 0 spiro atoms. The van der Waals surface area contributed by atoms with Gasteiger partial charge in [0.05, 0.1) is 13.2 Å². The van der Waals surface area contributed by atoms with Gasteiger partial charge in [-0.3, -0.25) is 0 Å². The van der Waals surface area contributed by atoms with Crippen LogP contribution in [0.2, 0.25) is 0 Å². The monoisotopic (exact) mass is 240 g/mol. The molecule has 0 aliphatic carbocycles. The van der Waals surface area contributed by atoms with Crippen molar-refractivity contribution in [1.29, 1.82) is 0 Å². The zero-order valence-electron chi connectivity index (χ0n) is 11.5. The highest BCUT2D eigenvalue weighted by Crippen LogP contribution is 2.30. The first kappa shape index (κ1) is 13.3. The van der Waals surface area contributed by atoms with E-state index in [1.807, 2.05) is 0 Å². The van der Waals surface area contributed by atoms with Crippen LogP contribution in [0.4, 0.5) is 0 Å². The van der Waals surface area contributed by atoms with Crippen LogP contribution in [0.15, 0.2) is 0 Å². The van der Waals surface area contributed by atoms with Crippen molar-refractivity contribution in [2.45, 2.75) is 45.6 Å². The van der Waals surface area contributed by atoms with Crippen molar-refractivity contribution in [2.24, 2.45) is 17.1 Å². The van der Waals surface area contributed by atoms with Gasteiger partial charge in [-0.05, 0) is 31.8 Å². The Hall–Kier alpha value is -0.120. The van der Waals surface area contributed by atoms with Gasteiger partial charge in [-0.1, -0.05) is 26.7 Å². The molecule has 3 heteroatoms. The lowest BCUT2D eigenvalue weighted by Gasteiger charge is -2.38. The topological polar surface area (TPSA) is 38.5 Å². The number of piperidine rings is 1. The van der Waals surface area contributed by atoms with Crippen LogP contribution in [0.3, 0.4) is 0 Å². The number of nitrogens with zero attached hydrogens (tertiary/aromatic N) is 1. The highest BCUT2D eigenvalue weighted by Gasteiger charge is 2.39. The molecule has 2 fully saturated rings. The minimum absolute atomic E-state index is 0.178. The van der Waals surface area contributed by atoms with E-state index in [9.17, 15) is 0 Å². The average molecular weight is 240 g/mol.